The number of halogens is 12. The van der Waals surface area contributed by atoms with Crippen molar-refractivity contribution < 1.29 is 77.0 Å². The predicted octanol–water partition coefficient (Wildman–Crippen LogP) is 7.37. The number of rotatable bonds is 21. The van der Waals surface area contributed by atoms with E-state index in [1.807, 2.05) is 16.1 Å². The molecule has 2 aromatic carbocycles. The topological polar surface area (TPSA) is 176 Å². The monoisotopic (exact) mass is 999 g/mol. The molecule has 4 rings (SSSR count). The van der Waals surface area contributed by atoms with Crippen LogP contribution in [0, 0.1) is 22.5 Å². The minimum atomic E-state index is -5.19. The second-order valence-corrected chi connectivity index (χ2v) is 17.0. The first kappa shape index (κ1) is 55.4. The van der Waals surface area contributed by atoms with Crippen molar-refractivity contribution in [2.45, 2.75) is 117 Å². The number of benzene rings is 2. The number of nitrogens with zero attached hydrogens (tertiary/aromatic N) is 5. The first-order valence-electron chi connectivity index (χ1n) is 20.9. The Labute approximate surface area is 386 Å². The average Bonchev–Trinajstić information content (AvgIpc) is 3.97. The Balaban J connectivity index is 1.83. The van der Waals surface area contributed by atoms with Crippen molar-refractivity contribution in [3.8, 4) is 22.3 Å². The molecule has 26 heteroatoms. The fourth-order valence-corrected chi connectivity index (χ4v) is 6.66. The lowest BCUT2D eigenvalue weighted by Crippen LogP contribution is -2.63. The Morgan fingerprint density at radius 1 is 0.667 bits per heavy atom. The Kier molecular flexibility index (Phi) is 17.7. The Hall–Kier alpha value is -6.18. The van der Waals surface area contributed by atoms with Gasteiger partial charge in [0.2, 0.25) is 17.7 Å². The van der Waals surface area contributed by atoms with Crippen LogP contribution in [0.15, 0.2) is 61.2 Å². The molecule has 0 fully saturated rings. The second-order valence-electron chi connectivity index (χ2n) is 17.0. The van der Waals surface area contributed by atoms with Gasteiger partial charge >= 0.3 is 25.5 Å². The van der Waals surface area contributed by atoms with Gasteiger partial charge in [-0.1, -0.05) is 38.1 Å². The maximum atomic E-state index is 15.9. The van der Waals surface area contributed by atoms with Crippen molar-refractivity contribution >= 4 is 23.6 Å². The summed E-state index contributed by atoms with van der Waals surface area (Å²) in [4.78, 5) is 52.8. The van der Waals surface area contributed by atoms with Gasteiger partial charge in [0, 0.05) is 55.0 Å². The molecule has 5 N–H and O–H groups in total. The van der Waals surface area contributed by atoms with E-state index in [1.165, 1.54) is 38.1 Å². The minimum Gasteiger partial charge on any atom is -0.390 e. The molecule has 4 amide bonds. The maximum Gasteiger partial charge on any atom is 0.396 e. The van der Waals surface area contributed by atoms with Gasteiger partial charge in [0.15, 0.2) is 0 Å². The number of hydrogen-bond acceptors (Lipinski definition) is 8. The highest BCUT2D eigenvalue weighted by molar-refractivity contribution is 5.89. The van der Waals surface area contributed by atoms with E-state index in [9.17, 15) is 68.2 Å². The molecule has 69 heavy (non-hydrogen) atoms. The van der Waals surface area contributed by atoms with E-state index in [4.69, 9.17) is 0 Å². The standard InChI is InChI=1S/C43H49F12N9O5/c1-7-32(66)59-34(40(3,4)42(50,51)52)36(68)58-30(13-22-9-11-23(12-10-22)25-16-56-63(18-25)38(46)47)31(65)21-62(61-37(69)35(60-33(67)8-2)41(5,6)43(53,54)55)20-27-28(44)14-24(15-29(27)45)26-17-57-64(19-26)39(48)49/h9-12,14-19,30-31,34-35,38-39,65H,7-8,13,20-21H2,1-6H3,(H,58,68)(H,59,66)(H,60,67)(H,61,69)/t30-,31-,34+,35+/m0/s1. The number of alkyl halides is 10. The zero-order chi connectivity index (χ0) is 52.0. The summed E-state index contributed by atoms with van der Waals surface area (Å²) in [7, 11) is 0. The van der Waals surface area contributed by atoms with E-state index in [0.717, 1.165) is 24.8 Å². The SMILES string of the molecule is CCC(=O)N[C@H](C(=O)N[C@@H](Cc1ccc(-c2cnn(C(F)F)c2)cc1)[C@@H](O)CN(Cc1c(F)cc(-c2cnn(C(F)F)c2)cc1F)NC(=O)[C@@H](NC(=O)CC)C(C)(C)C(F)(F)F)C(C)(C)C(F)(F)F. The summed E-state index contributed by atoms with van der Waals surface area (Å²) in [6.45, 7) is -3.44. The normalized spacial score (nSPS) is 14.4. The van der Waals surface area contributed by atoms with Crippen LogP contribution in [0.2, 0.25) is 0 Å². The van der Waals surface area contributed by atoms with Gasteiger partial charge in [-0.3, -0.25) is 24.6 Å². The van der Waals surface area contributed by atoms with Gasteiger partial charge in [0.05, 0.1) is 35.4 Å². The summed E-state index contributed by atoms with van der Waals surface area (Å²) in [6.07, 6.45) is -10.0. The van der Waals surface area contributed by atoms with Crippen molar-refractivity contribution in [3.63, 3.8) is 0 Å². The number of hydrazine groups is 1. The molecule has 4 atom stereocenters. The van der Waals surface area contributed by atoms with Crippen molar-refractivity contribution in [1.82, 2.24) is 45.9 Å². The fourth-order valence-electron chi connectivity index (χ4n) is 6.66. The number of aromatic nitrogens is 4. The molecule has 0 saturated heterocycles. The van der Waals surface area contributed by atoms with Gasteiger partial charge in [-0.2, -0.15) is 54.1 Å². The maximum absolute atomic E-state index is 15.9. The number of aliphatic hydroxyl groups is 1. The van der Waals surface area contributed by atoms with Gasteiger partial charge in [-0.15, -0.1) is 0 Å². The molecule has 0 aliphatic heterocycles. The largest absolute Gasteiger partial charge is 0.396 e. The predicted molar refractivity (Wildman–Crippen MR) is 222 cm³/mol. The summed E-state index contributed by atoms with van der Waals surface area (Å²) in [5, 5.41) is 25.6. The average molecular weight is 1000 g/mol. The molecule has 4 aromatic rings. The first-order chi connectivity index (χ1) is 31.9. The molecule has 2 aromatic heterocycles. The molecule has 0 saturated carbocycles. The lowest BCUT2D eigenvalue weighted by Gasteiger charge is -2.38. The van der Waals surface area contributed by atoms with Crippen LogP contribution in [0.1, 0.15) is 78.6 Å². The third kappa shape index (κ3) is 13.5. The molecule has 0 bridgehead atoms. The van der Waals surface area contributed by atoms with Gasteiger partial charge in [-0.25, -0.2) is 23.2 Å². The summed E-state index contributed by atoms with van der Waals surface area (Å²) in [5.41, 5.74) is -4.66. The molecule has 0 spiro atoms. The Morgan fingerprint density at radius 2 is 1.10 bits per heavy atom. The highest BCUT2D eigenvalue weighted by atomic mass is 19.4. The van der Waals surface area contributed by atoms with Crippen molar-refractivity contribution in [2.75, 3.05) is 6.54 Å². The summed E-state index contributed by atoms with van der Waals surface area (Å²) >= 11 is 0. The van der Waals surface area contributed by atoms with Gasteiger partial charge < -0.3 is 21.1 Å². The lowest BCUT2D eigenvalue weighted by molar-refractivity contribution is -0.222. The van der Waals surface area contributed by atoms with Gasteiger partial charge in [0.25, 0.3) is 5.91 Å². The molecule has 380 valence electrons. The molecule has 0 aliphatic rings. The van der Waals surface area contributed by atoms with E-state index in [1.54, 1.807) is 0 Å². The van der Waals surface area contributed by atoms with Crippen LogP contribution >= 0.6 is 0 Å². The van der Waals surface area contributed by atoms with E-state index >= 15 is 8.78 Å². The molecule has 2 heterocycles. The summed E-state index contributed by atoms with van der Waals surface area (Å²) < 4.78 is 172. The molecular weight excluding hydrogens is 951 g/mol. The lowest BCUT2D eigenvalue weighted by atomic mass is 9.82. The van der Waals surface area contributed by atoms with E-state index in [2.05, 4.69) is 15.5 Å². The van der Waals surface area contributed by atoms with Gasteiger partial charge in [-0.05, 0) is 62.9 Å². The number of carbonyl (C=O) groups is 4. The smallest absolute Gasteiger partial charge is 0.390 e. The van der Waals surface area contributed by atoms with Crippen LogP contribution in [0.5, 0.6) is 0 Å². The zero-order valence-electron chi connectivity index (χ0n) is 37.6. The summed E-state index contributed by atoms with van der Waals surface area (Å²) in [6, 6.07) is 0.292. The molecular formula is C43H49F12N9O5. The van der Waals surface area contributed by atoms with Crippen molar-refractivity contribution in [2.24, 2.45) is 10.8 Å². The van der Waals surface area contributed by atoms with Crippen LogP contribution < -0.4 is 21.4 Å². The second kappa shape index (κ2) is 22.1. The van der Waals surface area contributed by atoms with Gasteiger partial charge in [0.1, 0.15) is 23.7 Å². The number of nitrogens with one attached hydrogen (secondary N) is 4. The van der Waals surface area contributed by atoms with Crippen LogP contribution in [0.4, 0.5) is 52.7 Å². The van der Waals surface area contributed by atoms with E-state index in [-0.39, 0.29) is 33.4 Å². The van der Waals surface area contributed by atoms with E-state index < -0.39 is 127 Å². The van der Waals surface area contributed by atoms with Crippen LogP contribution in [0.3, 0.4) is 0 Å². The first-order valence-corrected chi connectivity index (χ1v) is 20.9. The zero-order valence-corrected chi connectivity index (χ0v) is 37.6. The van der Waals surface area contributed by atoms with Crippen molar-refractivity contribution in [1.29, 1.82) is 0 Å². The van der Waals surface area contributed by atoms with Crippen LogP contribution in [-0.4, -0.2) is 96.4 Å². The third-order valence-corrected chi connectivity index (χ3v) is 11.3. The Morgan fingerprint density at radius 3 is 1.51 bits per heavy atom. The third-order valence-electron chi connectivity index (χ3n) is 11.3. The highest BCUT2D eigenvalue weighted by Gasteiger charge is 2.57. The quantitative estimate of drug-likeness (QED) is 0.0425. The minimum absolute atomic E-state index is 0.180. The Bertz CT molecular complexity index is 2400. The number of aliphatic hydroxyl groups excluding tert-OH is 1. The summed E-state index contributed by atoms with van der Waals surface area (Å²) in [5.74, 6) is -8.00. The highest BCUT2D eigenvalue weighted by Crippen LogP contribution is 2.42. The number of carbonyl (C=O) groups excluding carboxylic acids is 4. The fraction of sp³-hybridized carbons (Fsp3) is 0.488. The molecule has 0 unspecified atom stereocenters. The molecule has 0 aliphatic carbocycles. The van der Waals surface area contributed by atoms with Crippen LogP contribution in [-0.2, 0) is 32.1 Å². The van der Waals surface area contributed by atoms with Crippen LogP contribution in [0.25, 0.3) is 22.3 Å². The van der Waals surface area contributed by atoms with E-state index in [0.29, 0.717) is 55.1 Å². The number of amides is 4. The van der Waals surface area contributed by atoms with Crippen molar-refractivity contribution in [3.05, 3.63) is 83.9 Å². The number of hydrogen-bond donors (Lipinski definition) is 5. The molecule has 0 radical (unpaired) electrons. The molecule has 14 nitrogen and oxygen atoms in total.